The third kappa shape index (κ3) is 5.37. The van der Waals surface area contributed by atoms with E-state index in [4.69, 9.17) is 23.2 Å². The first-order chi connectivity index (χ1) is 15.1. The highest BCUT2D eigenvalue weighted by Gasteiger charge is 2.20. The standard InChI is InChI=1S/C21H16Cl2FN3O4S/c1-12-6-7-13(10-18(12)23)27-32(30,31)14-8-9-17(22)16(11-14)21(29)26-25-20(28)15-4-2-3-5-19(15)24/h2-11,27H,1H3,(H,25,28)(H,26,29). The first kappa shape index (κ1) is 23.5. The van der Waals surface area contributed by atoms with Gasteiger partial charge in [-0.1, -0.05) is 41.4 Å². The van der Waals surface area contributed by atoms with Crippen LogP contribution in [0, 0.1) is 12.7 Å². The molecule has 0 fully saturated rings. The van der Waals surface area contributed by atoms with Gasteiger partial charge in [-0.25, -0.2) is 12.8 Å². The molecule has 0 unspecified atom stereocenters. The minimum absolute atomic E-state index is 0.0556. The smallest absolute Gasteiger partial charge is 0.272 e. The third-order valence-corrected chi connectivity index (χ3v) is 6.44. The molecule has 0 heterocycles. The summed E-state index contributed by atoms with van der Waals surface area (Å²) in [4.78, 5) is 24.3. The molecule has 0 bridgehead atoms. The first-order valence-electron chi connectivity index (χ1n) is 9.02. The van der Waals surface area contributed by atoms with Gasteiger partial charge in [-0.3, -0.25) is 25.2 Å². The summed E-state index contributed by atoms with van der Waals surface area (Å²) in [6.45, 7) is 1.77. The Morgan fingerprint density at radius 2 is 1.50 bits per heavy atom. The molecular weight excluding hydrogens is 480 g/mol. The van der Waals surface area contributed by atoms with Gasteiger partial charge in [0.15, 0.2) is 0 Å². The lowest BCUT2D eigenvalue weighted by molar-refractivity contribution is 0.0844. The number of hydrazine groups is 1. The molecule has 3 aromatic rings. The van der Waals surface area contributed by atoms with Crippen molar-refractivity contribution in [1.29, 1.82) is 0 Å². The summed E-state index contributed by atoms with van der Waals surface area (Å²) in [6.07, 6.45) is 0. The molecule has 0 aromatic heterocycles. The van der Waals surface area contributed by atoms with Crippen LogP contribution in [-0.2, 0) is 10.0 Å². The van der Waals surface area contributed by atoms with Gasteiger partial charge in [0.25, 0.3) is 21.8 Å². The fraction of sp³-hybridized carbons (Fsp3) is 0.0476. The van der Waals surface area contributed by atoms with Crippen molar-refractivity contribution < 1.29 is 22.4 Å². The summed E-state index contributed by atoms with van der Waals surface area (Å²) in [5.41, 5.74) is 4.65. The van der Waals surface area contributed by atoms with Crippen LogP contribution in [0.5, 0.6) is 0 Å². The van der Waals surface area contributed by atoms with Crippen molar-refractivity contribution in [2.75, 3.05) is 4.72 Å². The van der Waals surface area contributed by atoms with Gasteiger partial charge >= 0.3 is 0 Å². The zero-order chi connectivity index (χ0) is 23.5. The highest BCUT2D eigenvalue weighted by atomic mass is 35.5. The Hall–Kier alpha value is -3.14. The van der Waals surface area contributed by atoms with E-state index in [-0.39, 0.29) is 26.7 Å². The maximum absolute atomic E-state index is 13.7. The van der Waals surface area contributed by atoms with E-state index in [0.717, 1.165) is 17.7 Å². The van der Waals surface area contributed by atoms with Crippen LogP contribution in [0.25, 0.3) is 0 Å². The fourth-order valence-electron chi connectivity index (χ4n) is 2.61. The number of carbonyl (C=O) groups excluding carboxylic acids is 2. The number of benzene rings is 3. The van der Waals surface area contributed by atoms with Crippen LogP contribution in [0.4, 0.5) is 10.1 Å². The number of amides is 2. The van der Waals surface area contributed by atoms with Crippen LogP contribution < -0.4 is 15.6 Å². The Morgan fingerprint density at radius 3 is 2.16 bits per heavy atom. The van der Waals surface area contributed by atoms with Gasteiger partial charge in [0.05, 0.1) is 26.7 Å². The largest absolute Gasteiger partial charge is 0.280 e. The van der Waals surface area contributed by atoms with Gasteiger partial charge in [-0.05, 0) is 55.0 Å². The lowest BCUT2D eigenvalue weighted by atomic mass is 10.2. The molecule has 0 aliphatic heterocycles. The molecule has 0 aliphatic carbocycles. The molecule has 0 spiro atoms. The summed E-state index contributed by atoms with van der Waals surface area (Å²) in [7, 11) is -4.08. The molecule has 0 aliphatic rings. The average Bonchev–Trinajstić information content (AvgIpc) is 2.74. The summed E-state index contributed by atoms with van der Waals surface area (Å²) >= 11 is 12.1. The number of sulfonamides is 1. The number of nitrogens with one attached hydrogen (secondary N) is 3. The molecule has 11 heteroatoms. The Morgan fingerprint density at radius 1 is 0.844 bits per heavy atom. The minimum atomic E-state index is -4.08. The number of hydrogen-bond donors (Lipinski definition) is 3. The molecule has 3 rings (SSSR count). The second kappa shape index (κ2) is 9.56. The molecule has 166 valence electrons. The quantitative estimate of drug-likeness (QED) is 0.458. The van der Waals surface area contributed by atoms with Gasteiger partial charge in [0.2, 0.25) is 0 Å². The number of halogens is 3. The van der Waals surface area contributed by atoms with E-state index in [1.165, 1.54) is 36.4 Å². The van der Waals surface area contributed by atoms with Crippen molar-refractivity contribution in [3.05, 3.63) is 93.2 Å². The monoisotopic (exact) mass is 495 g/mol. The summed E-state index contributed by atoms with van der Waals surface area (Å²) in [5, 5.41) is 0.326. The molecule has 32 heavy (non-hydrogen) atoms. The molecule has 0 saturated heterocycles. The van der Waals surface area contributed by atoms with Crippen LogP contribution in [0.2, 0.25) is 10.0 Å². The maximum Gasteiger partial charge on any atom is 0.272 e. The van der Waals surface area contributed by atoms with E-state index >= 15 is 0 Å². The zero-order valence-electron chi connectivity index (χ0n) is 16.4. The van der Waals surface area contributed by atoms with Crippen LogP contribution >= 0.6 is 23.2 Å². The van der Waals surface area contributed by atoms with E-state index in [1.54, 1.807) is 19.1 Å². The van der Waals surface area contributed by atoms with Crippen LogP contribution in [-0.4, -0.2) is 20.2 Å². The topological polar surface area (TPSA) is 104 Å². The molecule has 0 radical (unpaired) electrons. The van der Waals surface area contributed by atoms with Crippen molar-refractivity contribution in [3.63, 3.8) is 0 Å². The number of anilines is 1. The maximum atomic E-state index is 13.7. The second-order valence-electron chi connectivity index (χ2n) is 6.60. The first-order valence-corrected chi connectivity index (χ1v) is 11.3. The Balaban J connectivity index is 1.78. The molecule has 2 amide bonds. The normalized spacial score (nSPS) is 11.0. The second-order valence-corrected chi connectivity index (χ2v) is 9.10. The van der Waals surface area contributed by atoms with E-state index in [9.17, 15) is 22.4 Å². The van der Waals surface area contributed by atoms with E-state index < -0.39 is 27.7 Å². The van der Waals surface area contributed by atoms with Crippen molar-refractivity contribution >= 4 is 50.7 Å². The van der Waals surface area contributed by atoms with E-state index in [2.05, 4.69) is 15.6 Å². The van der Waals surface area contributed by atoms with Crippen LogP contribution in [0.3, 0.4) is 0 Å². The van der Waals surface area contributed by atoms with Gasteiger partial charge in [0, 0.05) is 5.02 Å². The molecule has 0 saturated carbocycles. The molecule has 3 aromatic carbocycles. The fourth-order valence-corrected chi connectivity index (χ4v) is 4.07. The number of rotatable bonds is 5. The Bertz CT molecular complexity index is 1320. The Labute approximate surface area is 193 Å². The van der Waals surface area contributed by atoms with Crippen LogP contribution in [0.15, 0.2) is 65.6 Å². The Kier molecular flexibility index (Phi) is 7.02. The number of hydrogen-bond acceptors (Lipinski definition) is 4. The van der Waals surface area contributed by atoms with Crippen molar-refractivity contribution in [1.82, 2.24) is 10.9 Å². The highest BCUT2D eigenvalue weighted by molar-refractivity contribution is 7.92. The summed E-state index contributed by atoms with van der Waals surface area (Å²) in [6, 6.07) is 13.3. The van der Waals surface area contributed by atoms with Crippen LogP contribution in [0.1, 0.15) is 26.3 Å². The lowest BCUT2D eigenvalue weighted by Crippen LogP contribution is -2.42. The predicted molar refractivity (Wildman–Crippen MR) is 120 cm³/mol. The van der Waals surface area contributed by atoms with E-state index in [1.807, 2.05) is 0 Å². The van der Waals surface area contributed by atoms with Crippen molar-refractivity contribution in [2.45, 2.75) is 11.8 Å². The number of carbonyl (C=O) groups is 2. The lowest BCUT2D eigenvalue weighted by Gasteiger charge is -2.12. The minimum Gasteiger partial charge on any atom is -0.280 e. The molecular formula is C21H16Cl2FN3O4S. The van der Waals surface area contributed by atoms with Gasteiger partial charge in [-0.15, -0.1) is 0 Å². The summed E-state index contributed by atoms with van der Waals surface area (Å²) < 4.78 is 41.5. The van der Waals surface area contributed by atoms with Gasteiger partial charge in [-0.2, -0.15) is 0 Å². The third-order valence-electron chi connectivity index (χ3n) is 4.32. The summed E-state index contributed by atoms with van der Waals surface area (Å²) in [5.74, 6) is -2.56. The highest BCUT2D eigenvalue weighted by Crippen LogP contribution is 2.25. The van der Waals surface area contributed by atoms with Crippen molar-refractivity contribution in [3.8, 4) is 0 Å². The SMILES string of the molecule is Cc1ccc(NS(=O)(=O)c2ccc(Cl)c(C(=O)NNC(=O)c3ccccc3F)c2)cc1Cl. The van der Waals surface area contributed by atoms with E-state index in [0.29, 0.717) is 5.02 Å². The molecule has 7 nitrogen and oxygen atoms in total. The van der Waals surface area contributed by atoms with Gasteiger partial charge in [0.1, 0.15) is 5.82 Å². The van der Waals surface area contributed by atoms with Gasteiger partial charge < -0.3 is 0 Å². The van der Waals surface area contributed by atoms with Crippen molar-refractivity contribution in [2.24, 2.45) is 0 Å². The average molecular weight is 496 g/mol. The number of aryl methyl sites for hydroxylation is 1. The molecule has 3 N–H and O–H groups in total. The zero-order valence-corrected chi connectivity index (χ0v) is 18.8. The predicted octanol–water partition coefficient (Wildman–Crippen LogP) is 4.32. The molecule has 0 atom stereocenters.